The van der Waals surface area contributed by atoms with Crippen LogP contribution in [0.4, 0.5) is 19.0 Å². The van der Waals surface area contributed by atoms with Gasteiger partial charge in [-0.2, -0.15) is 18.3 Å². The molecule has 2 saturated heterocycles. The molecule has 2 amide bonds. The normalized spacial score (nSPS) is 21.4. The molecule has 0 saturated carbocycles. The van der Waals surface area contributed by atoms with E-state index in [-0.39, 0.29) is 29.6 Å². The number of pyridine rings is 1. The molecule has 0 aliphatic carbocycles. The van der Waals surface area contributed by atoms with Crippen LogP contribution in [0.1, 0.15) is 49.9 Å². The Bertz CT molecular complexity index is 1310. The number of hydrogen-bond acceptors (Lipinski definition) is 6. The highest BCUT2D eigenvalue weighted by atomic mass is 19.4. The molecule has 2 aliphatic heterocycles. The van der Waals surface area contributed by atoms with Crippen LogP contribution in [0.25, 0.3) is 10.9 Å². The number of alkyl halides is 3. The van der Waals surface area contributed by atoms with Gasteiger partial charge in [-0.3, -0.25) is 14.7 Å². The number of fused-ring (bicyclic) bond motifs is 3. The molecule has 2 unspecified atom stereocenters. The van der Waals surface area contributed by atoms with Crippen molar-refractivity contribution in [3.05, 3.63) is 48.3 Å². The number of halogens is 3. The molecule has 1 aromatic carbocycles. The van der Waals surface area contributed by atoms with Crippen LogP contribution in [-0.4, -0.2) is 63.4 Å². The van der Waals surface area contributed by atoms with Crippen molar-refractivity contribution in [2.24, 2.45) is 0 Å². The van der Waals surface area contributed by atoms with Crippen LogP contribution in [0.5, 0.6) is 5.75 Å². The van der Waals surface area contributed by atoms with Crippen molar-refractivity contribution in [2.45, 2.75) is 69.4 Å². The van der Waals surface area contributed by atoms with Gasteiger partial charge >= 0.3 is 6.18 Å². The summed E-state index contributed by atoms with van der Waals surface area (Å²) < 4.78 is 43.2. The van der Waals surface area contributed by atoms with E-state index in [1.54, 1.807) is 26.1 Å². The Labute approximate surface area is 217 Å². The van der Waals surface area contributed by atoms with Crippen LogP contribution in [0.2, 0.25) is 0 Å². The van der Waals surface area contributed by atoms with Gasteiger partial charge in [-0.25, -0.2) is 4.98 Å². The molecule has 3 aromatic rings. The zero-order valence-electron chi connectivity index (χ0n) is 21.0. The van der Waals surface area contributed by atoms with Crippen molar-refractivity contribution in [3.63, 3.8) is 0 Å². The molecule has 38 heavy (non-hydrogen) atoms. The Hall–Kier alpha value is -3.83. The highest BCUT2D eigenvalue weighted by Gasteiger charge is 2.43. The lowest BCUT2D eigenvalue weighted by Crippen LogP contribution is -2.55. The van der Waals surface area contributed by atoms with Crippen molar-refractivity contribution in [3.8, 4) is 5.75 Å². The maximum Gasteiger partial charge on any atom is 0.405 e. The Morgan fingerprint density at radius 1 is 1.11 bits per heavy atom. The SMILES string of the molecule is CC(C)(Oc1cccc2[nH]ncc12)C(=O)NC1CC2CCC(C1)N2c1ccc(C(=O)NCC(F)(F)F)cn1. The largest absolute Gasteiger partial charge is 0.477 e. The number of aromatic amines is 1. The van der Waals surface area contributed by atoms with E-state index >= 15 is 0 Å². The van der Waals surface area contributed by atoms with Gasteiger partial charge in [0, 0.05) is 24.3 Å². The minimum atomic E-state index is -4.48. The second-order valence-electron chi connectivity index (χ2n) is 10.3. The van der Waals surface area contributed by atoms with E-state index in [1.807, 2.05) is 23.5 Å². The topological polar surface area (TPSA) is 112 Å². The summed E-state index contributed by atoms with van der Waals surface area (Å²) in [6.07, 6.45) is 1.83. The third-order valence-electron chi connectivity index (χ3n) is 7.15. The molecule has 202 valence electrons. The summed E-state index contributed by atoms with van der Waals surface area (Å²) in [5, 5.41) is 12.8. The first-order valence-electron chi connectivity index (χ1n) is 12.5. The van der Waals surface area contributed by atoms with E-state index in [1.165, 1.54) is 12.3 Å². The summed E-state index contributed by atoms with van der Waals surface area (Å²) in [5.74, 6) is 0.224. The summed E-state index contributed by atoms with van der Waals surface area (Å²) in [7, 11) is 0. The molecule has 2 bridgehead atoms. The van der Waals surface area contributed by atoms with E-state index in [9.17, 15) is 22.8 Å². The van der Waals surface area contributed by atoms with Crippen LogP contribution < -0.4 is 20.3 Å². The number of H-pyrrole nitrogens is 1. The molecule has 2 aromatic heterocycles. The Kier molecular flexibility index (Phi) is 6.66. The maximum atomic E-state index is 13.2. The van der Waals surface area contributed by atoms with Crippen LogP contribution in [-0.2, 0) is 4.79 Å². The van der Waals surface area contributed by atoms with Crippen molar-refractivity contribution in [1.29, 1.82) is 0 Å². The van der Waals surface area contributed by atoms with Gasteiger partial charge in [-0.15, -0.1) is 0 Å². The molecular weight excluding hydrogens is 501 g/mol. The Morgan fingerprint density at radius 2 is 1.84 bits per heavy atom. The average molecular weight is 531 g/mol. The number of ether oxygens (including phenoxy) is 1. The number of amides is 2. The molecule has 12 heteroatoms. The maximum absolute atomic E-state index is 13.2. The zero-order valence-corrected chi connectivity index (χ0v) is 21.0. The first-order valence-corrected chi connectivity index (χ1v) is 12.5. The summed E-state index contributed by atoms with van der Waals surface area (Å²) in [6, 6.07) is 8.96. The standard InChI is InChI=1S/C26H29F3N6O3/c1-25(2,38-21-5-3-4-20-19(21)13-32-34-20)24(37)33-16-10-17-7-8-18(11-16)35(17)22-9-6-15(12-30-22)23(36)31-14-26(27,28)29/h3-6,9,12-13,16-18H,7-8,10-11,14H2,1-2H3,(H,31,36)(H,32,34)(H,33,37). The van der Waals surface area contributed by atoms with E-state index in [0.717, 1.165) is 36.6 Å². The van der Waals surface area contributed by atoms with Gasteiger partial charge in [0.25, 0.3) is 11.8 Å². The number of anilines is 1. The van der Waals surface area contributed by atoms with Gasteiger partial charge in [0.1, 0.15) is 18.1 Å². The number of rotatable bonds is 7. The second kappa shape index (κ2) is 9.80. The second-order valence-corrected chi connectivity index (χ2v) is 10.3. The van der Waals surface area contributed by atoms with Crippen LogP contribution in [0.3, 0.4) is 0 Å². The lowest BCUT2D eigenvalue weighted by Gasteiger charge is -2.40. The lowest BCUT2D eigenvalue weighted by molar-refractivity contribution is -0.135. The number of nitrogens with zero attached hydrogens (tertiary/aromatic N) is 3. The summed E-state index contributed by atoms with van der Waals surface area (Å²) in [4.78, 5) is 31.8. The van der Waals surface area contributed by atoms with Crippen LogP contribution in [0.15, 0.2) is 42.7 Å². The number of aromatic nitrogens is 3. The fraction of sp³-hybridized carbons (Fsp3) is 0.462. The molecule has 0 radical (unpaired) electrons. The molecule has 2 fully saturated rings. The first kappa shape index (κ1) is 25.8. The molecule has 2 atom stereocenters. The highest BCUT2D eigenvalue weighted by molar-refractivity contribution is 5.94. The third kappa shape index (κ3) is 5.39. The lowest BCUT2D eigenvalue weighted by atomic mass is 9.96. The van der Waals surface area contributed by atoms with Gasteiger partial charge in [-0.1, -0.05) is 6.07 Å². The molecule has 5 rings (SSSR count). The van der Waals surface area contributed by atoms with Crippen molar-refractivity contribution < 1.29 is 27.5 Å². The van der Waals surface area contributed by atoms with Gasteiger partial charge in [0.05, 0.1) is 22.7 Å². The minimum Gasteiger partial charge on any atom is -0.477 e. The summed E-state index contributed by atoms with van der Waals surface area (Å²) in [5.41, 5.74) is -0.210. The quantitative estimate of drug-likeness (QED) is 0.429. The molecule has 0 spiro atoms. The predicted octanol–water partition coefficient (Wildman–Crippen LogP) is 3.72. The number of piperidine rings is 1. The Balaban J connectivity index is 1.20. The Morgan fingerprint density at radius 3 is 2.50 bits per heavy atom. The van der Waals surface area contributed by atoms with E-state index < -0.39 is 24.2 Å². The van der Waals surface area contributed by atoms with Gasteiger partial charge in [-0.05, 0) is 63.8 Å². The van der Waals surface area contributed by atoms with Crippen molar-refractivity contribution >= 4 is 28.5 Å². The van der Waals surface area contributed by atoms with E-state index in [2.05, 4.69) is 25.4 Å². The van der Waals surface area contributed by atoms with Gasteiger partial charge in [0.2, 0.25) is 0 Å². The molecule has 9 nitrogen and oxygen atoms in total. The van der Waals surface area contributed by atoms with Crippen LogP contribution >= 0.6 is 0 Å². The predicted molar refractivity (Wildman–Crippen MR) is 134 cm³/mol. The van der Waals surface area contributed by atoms with Gasteiger partial charge in [0.15, 0.2) is 5.60 Å². The smallest absolute Gasteiger partial charge is 0.405 e. The van der Waals surface area contributed by atoms with Crippen molar-refractivity contribution in [1.82, 2.24) is 25.8 Å². The molecule has 4 heterocycles. The van der Waals surface area contributed by atoms with Gasteiger partial charge < -0.3 is 20.3 Å². The fourth-order valence-corrected chi connectivity index (χ4v) is 5.34. The number of nitrogens with one attached hydrogen (secondary N) is 3. The van der Waals surface area contributed by atoms with E-state index in [4.69, 9.17) is 4.74 Å². The zero-order chi connectivity index (χ0) is 27.1. The number of carbonyl (C=O) groups is 2. The summed E-state index contributed by atoms with van der Waals surface area (Å²) >= 11 is 0. The van der Waals surface area contributed by atoms with Crippen molar-refractivity contribution in [2.75, 3.05) is 11.4 Å². The minimum absolute atomic E-state index is 0.0312. The highest BCUT2D eigenvalue weighted by Crippen LogP contribution is 2.39. The number of hydrogen-bond donors (Lipinski definition) is 3. The van der Waals surface area contributed by atoms with Crippen LogP contribution in [0, 0.1) is 0 Å². The molecule has 2 aliphatic rings. The third-order valence-corrected chi connectivity index (χ3v) is 7.15. The molecule has 3 N–H and O–H groups in total. The average Bonchev–Trinajstić information content (AvgIpc) is 3.45. The van der Waals surface area contributed by atoms with E-state index in [0.29, 0.717) is 11.6 Å². The summed E-state index contributed by atoms with van der Waals surface area (Å²) in [6.45, 7) is 2.08. The molecular formula is C26H29F3N6O3. The monoisotopic (exact) mass is 530 g/mol. The number of benzene rings is 1. The number of carbonyl (C=O) groups excluding carboxylic acids is 2. The first-order chi connectivity index (χ1) is 18.0. The fourth-order valence-electron chi connectivity index (χ4n) is 5.34.